The Morgan fingerprint density at radius 2 is 1.75 bits per heavy atom. The quantitative estimate of drug-likeness (QED) is 0.332. The van der Waals surface area contributed by atoms with Gasteiger partial charge < -0.3 is 20.5 Å². The molecular weight excluding hydrogens is 468 g/mol. The normalized spacial score (nSPS) is 15.0. The fourth-order valence-corrected chi connectivity index (χ4v) is 3.58. The second-order valence-electron chi connectivity index (χ2n) is 6.80. The van der Waals surface area contributed by atoms with E-state index < -0.39 is 0 Å². The van der Waals surface area contributed by atoms with Gasteiger partial charge in [0.1, 0.15) is 5.82 Å². The number of halogens is 2. The predicted octanol–water partition coefficient (Wildman–Crippen LogP) is 3.60. The first-order valence-electron chi connectivity index (χ1n) is 9.31. The van der Waals surface area contributed by atoms with Crippen molar-refractivity contribution in [3.8, 4) is 0 Å². The van der Waals surface area contributed by atoms with E-state index in [1.165, 1.54) is 23.1 Å². The van der Waals surface area contributed by atoms with Crippen LogP contribution < -0.4 is 10.6 Å². The maximum atomic E-state index is 13.1. The molecule has 0 spiro atoms. The van der Waals surface area contributed by atoms with Crippen LogP contribution in [0, 0.1) is 5.82 Å². The molecule has 148 valence electrons. The Hall–Kier alpha value is -2.29. The number of hydrogen-bond acceptors (Lipinski definition) is 2. The van der Waals surface area contributed by atoms with Gasteiger partial charge in [0, 0.05) is 55.5 Å². The maximum absolute atomic E-state index is 13.1. The SMILES string of the molecule is I.NC(=NCCc1c[nH]c2ccccc12)N1CCN(c2ccc(F)cc2)CC1. The molecule has 1 aliphatic rings. The van der Waals surface area contributed by atoms with Crippen molar-refractivity contribution < 1.29 is 4.39 Å². The summed E-state index contributed by atoms with van der Waals surface area (Å²) in [5.41, 5.74) is 9.67. The third kappa shape index (κ3) is 4.57. The van der Waals surface area contributed by atoms with Gasteiger partial charge in [0.05, 0.1) is 0 Å². The number of fused-ring (bicyclic) bond motifs is 1. The van der Waals surface area contributed by atoms with E-state index in [0.29, 0.717) is 12.5 Å². The lowest BCUT2D eigenvalue weighted by molar-refractivity contribution is 0.381. The van der Waals surface area contributed by atoms with Crippen LogP contribution in [0.25, 0.3) is 10.9 Å². The van der Waals surface area contributed by atoms with Crippen molar-refractivity contribution in [2.24, 2.45) is 10.7 Å². The Morgan fingerprint density at radius 1 is 1.04 bits per heavy atom. The number of nitrogens with zero attached hydrogens (tertiary/aromatic N) is 3. The lowest BCUT2D eigenvalue weighted by Crippen LogP contribution is -2.51. The Balaban J connectivity index is 0.00000225. The largest absolute Gasteiger partial charge is 0.370 e. The number of rotatable bonds is 4. The van der Waals surface area contributed by atoms with Crippen molar-refractivity contribution in [3.05, 3.63) is 66.1 Å². The third-order valence-corrected chi connectivity index (χ3v) is 5.13. The minimum Gasteiger partial charge on any atom is -0.370 e. The van der Waals surface area contributed by atoms with E-state index in [9.17, 15) is 4.39 Å². The highest BCUT2D eigenvalue weighted by molar-refractivity contribution is 14.0. The van der Waals surface area contributed by atoms with Crippen molar-refractivity contribution in [1.82, 2.24) is 9.88 Å². The maximum Gasteiger partial charge on any atom is 0.191 e. The van der Waals surface area contributed by atoms with Crippen molar-refractivity contribution >= 4 is 46.5 Å². The zero-order valence-corrected chi connectivity index (χ0v) is 18.0. The molecule has 3 N–H and O–H groups in total. The molecule has 7 heteroatoms. The van der Waals surface area contributed by atoms with E-state index in [2.05, 4.69) is 44.2 Å². The lowest BCUT2D eigenvalue weighted by Gasteiger charge is -2.36. The summed E-state index contributed by atoms with van der Waals surface area (Å²) in [5, 5.41) is 1.25. The second kappa shape index (κ2) is 9.27. The smallest absolute Gasteiger partial charge is 0.191 e. The number of aromatic nitrogens is 1. The predicted molar refractivity (Wildman–Crippen MR) is 124 cm³/mol. The molecule has 4 rings (SSSR count). The molecule has 0 amide bonds. The molecule has 2 heterocycles. The summed E-state index contributed by atoms with van der Waals surface area (Å²) in [4.78, 5) is 12.2. The van der Waals surface area contributed by atoms with Gasteiger partial charge in [-0.25, -0.2) is 4.39 Å². The van der Waals surface area contributed by atoms with E-state index in [4.69, 9.17) is 5.73 Å². The molecule has 28 heavy (non-hydrogen) atoms. The molecular formula is C21H25FIN5. The molecule has 0 saturated carbocycles. The van der Waals surface area contributed by atoms with Gasteiger partial charge >= 0.3 is 0 Å². The molecule has 0 aliphatic carbocycles. The van der Waals surface area contributed by atoms with Gasteiger partial charge in [-0.2, -0.15) is 0 Å². The molecule has 5 nitrogen and oxygen atoms in total. The van der Waals surface area contributed by atoms with E-state index in [1.54, 1.807) is 0 Å². The highest BCUT2D eigenvalue weighted by Crippen LogP contribution is 2.19. The average molecular weight is 493 g/mol. The first kappa shape index (κ1) is 20.4. The summed E-state index contributed by atoms with van der Waals surface area (Å²) in [7, 11) is 0. The monoisotopic (exact) mass is 493 g/mol. The van der Waals surface area contributed by atoms with Crippen molar-refractivity contribution in [2.75, 3.05) is 37.6 Å². The van der Waals surface area contributed by atoms with Crippen molar-refractivity contribution in [2.45, 2.75) is 6.42 Å². The fourth-order valence-electron chi connectivity index (χ4n) is 3.58. The van der Waals surface area contributed by atoms with Gasteiger partial charge in [-0.15, -0.1) is 24.0 Å². The molecule has 0 unspecified atom stereocenters. The lowest BCUT2D eigenvalue weighted by atomic mass is 10.1. The summed E-state index contributed by atoms with van der Waals surface area (Å²) in [6.07, 6.45) is 2.91. The Labute approximate surface area is 181 Å². The van der Waals surface area contributed by atoms with E-state index in [0.717, 1.165) is 43.8 Å². The molecule has 0 atom stereocenters. The number of hydrogen-bond donors (Lipinski definition) is 2. The topological polar surface area (TPSA) is 60.6 Å². The first-order chi connectivity index (χ1) is 13.2. The number of para-hydroxylation sites is 1. The number of H-pyrrole nitrogens is 1. The van der Waals surface area contributed by atoms with E-state index in [1.807, 2.05) is 18.2 Å². The van der Waals surface area contributed by atoms with Crippen molar-refractivity contribution in [1.29, 1.82) is 0 Å². The van der Waals surface area contributed by atoms with Gasteiger partial charge in [-0.1, -0.05) is 18.2 Å². The molecule has 1 aromatic heterocycles. The number of aliphatic imine (C=N–C) groups is 1. The number of piperazine rings is 1. The van der Waals surface area contributed by atoms with Crippen LogP contribution in [0.2, 0.25) is 0 Å². The second-order valence-corrected chi connectivity index (χ2v) is 6.80. The van der Waals surface area contributed by atoms with E-state index in [-0.39, 0.29) is 29.8 Å². The van der Waals surface area contributed by atoms with E-state index >= 15 is 0 Å². The van der Waals surface area contributed by atoms with Crippen LogP contribution in [0.1, 0.15) is 5.56 Å². The number of benzene rings is 2. The molecule has 1 fully saturated rings. The first-order valence-corrected chi connectivity index (χ1v) is 9.31. The number of nitrogens with one attached hydrogen (secondary N) is 1. The molecule has 0 bridgehead atoms. The Kier molecular flexibility index (Phi) is 6.77. The van der Waals surface area contributed by atoms with Crippen LogP contribution in [-0.2, 0) is 6.42 Å². The Bertz CT molecular complexity index is 929. The van der Waals surface area contributed by atoms with Crippen LogP contribution in [0.4, 0.5) is 10.1 Å². The summed E-state index contributed by atoms with van der Waals surface area (Å²) in [5.74, 6) is 0.401. The standard InChI is InChI=1S/C21H24FN5.HI/c22-17-5-7-18(8-6-17)26-11-13-27(14-12-26)21(23)24-10-9-16-15-25-20-4-2-1-3-19(16)20;/h1-8,15,25H,9-14H2,(H2,23,24);1H. The van der Waals surface area contributed by atoms with Gasteiger partial charge in [0.25, 0.3) is 0 Å². The fraction of sp³-hybridized carbons (Fsp3) is 0.286. The molecule has 0 radical (unpaired) electrons. The van der Waals surface area contributed by atoms with Crippen molar-refractivity contribution in [3.63, 3.8) is 0 Å². The van der Waals surface area contributed by atoms with Crippen LogP contribution in [0.5, 0.6) is 0 Å². The summed E-state index contributed by atoms with van der Waals surface area (Å²) in [6.45, 7) is 4.01. The minimum atomic E-state index is -0.205. The average Bonchev–Trinajstić information content (AvgIpc) is 3.12. The van der Waals surface area contributed by atoms with Gasteiger partial charge in [-0.05, 0) is 42.3 Å². The summed E-state index contributed by atoms with van der Waals surface area (Å²) >= 11 is 0. The van der Waals surface area contributed by atoms with Gasteiger partial charge in [-0.3, -0.25) is 4.99 Å². The Morgan fingerprint density at radius 3 is 2.50 bits per heavy atom. The molecule has 3 aromatic rings. The highest BCUT2D eigenvalue weighted by Gasteiger charge is 2.18. The van der Waals surface area contributed by atoms with Crippen LogP contribution >= 0.6 is 24.0 Å². The zero-order valence-electron chi connectivity index (χ0n) is 15.6. The molecule has 1 aliphatic heterocycles. The number of guanidine groups is 1. The highest BCUT2D eigenvalue weighted by atomic mass is 127. The zero-order chi connectivity index (χ0) is 18.6. The van der Waals surface area contributed by atoms with Gasteiger partial charge in [0.2, 0.25) is 0 Å². The molecule has 2 aromatic carbocycles. The van der Waals surface area contributed by atoms with Gasteiger partial charge in [0.15, 0.2) is 5.96 Å². The minimum absolute atomic E-state index is 0. The summed E-state index contributed by atoms with van der Waals surface area (Å²) < 4.78 is 13.1. The number of anilines is 1. The van der Waals surface area contributed by atoms with Crippen LogP contribution in [0.3, 0.4) is 0 Å². The van der Waals surface area contributed by atoms with Crippen LogP contribution in [-0.4, -0.2) is 48.6 Å². The molecule has 1 saturated heterocycles. The summed E-state index contributed by atoms with van der Waals surface area (Å²) in [6, 6.07) is 14.9. The number of nitrogens with two attached hydrogens (primary N) is 1. The number of aromatic amines is 1. The van der Waals surface area contributed by atoms with Crippen LogP contribution in [0.15, 0.2) is 59.7 Å². The third-order valence-electron chi connectivity index (χ3n) is 5.13.